The van der Waals surface area contributed by atoms with E-state index in [1.165, 1.54) is 0 Å². The van der Waals surface area contributed by atoms with E-state index in [1.54, 1.807) is 50.6 Å². The fourth-order valence-corrected chi connectivity index (χ4v) is 3.42. The van der Waals surface area contributed by atoms with Gasteiger partial charge in [0.1, 0.15) is 18.0 Å². The standard InChI is InChI=1S/C22H20N2O5S/c1-28-17-10-6-15(7-11-17)4-3-5-19-21(26)24(22(27)30-19)14-20(25)23-16-8-12-18(29-2)13-9-16/h3-13H,14H2,1-2H3,(H,23,25)/b4-3+,19-5+. The van der Waals surface area contributed by atoms with Crippen LogP contribution in [0.4, 0.5) is 10.5 Å². The van der Waals surface area contributed by atoms with Crippen molar-refractivity contribution in [3.63, 3.8) is 0 Å². The number of carbonyl (C=O) groups excluding carboxylic acids is 3. The molecule has 1 aliphatic rings. The van der Waals surface area contributed by atoms with Gasteiger partial charge in [-0.05, 0) is 59.8 Å². The van der Waals surface area contributed by atoms with Crippen LogP contribution in [0, 0.1) is 0 Å². The van der Waals surface area contributed by atoms with Crippen molar-refractivity contribution in [3.05, 3.63) is 71.2 Å². The minimum Gasteiger partial charge on any atom is -0.497 e. The Bertz CT molecular complexity index is 997. The van der Waals surface area contributed by atoms with Gasteiger partial charge < -0.3 is 14.8 Å². The summed E-state index contributed by atoms with van der Waals surface area (Å²) in [4.78, 5) is 38.1. The molecule has 1 saturated heterocycles. The van der Waals surface area contributed by atoms with Crippen LogP contribution in [-0.2, 0) is 9.59 Å². The first-order valence-corrected chi connectivity index (χ1v) is 9.82. The van der Waals surface area contributed by atoms with E-state index >= 15 is 0 Å². The molecule has 0 unspecified atom stereocenters. The molecular formula is C22H20N2O5S. The molecule has 3 rings (SSSR count). The van der Waals surface area contributed by atoms with E-state index in [0.717, 1.165) is 28.0 Å². The monoisotopic (exact) mass is 424 g/mol. The summed E-state index contributed by atoms with van der Waals surface area (Å²) in [5.41, 5.74) is 1.47. The second-order valence-electron chi connectivity index (χ2n) is 6.20. The van der Waals surface area contributed by atoms with Crippen LogP contribution in [0.2, 0.25) is 0 Å². The lowest BCUT2D eigenvalue weighted by atomic mass is 10.2. The van der Waals surface area contributed by atoms with Gasteiger partial charge in [-0.25, -0.2) is 0 Å². The molecule has 1 heterocycles. The van der Waals surface area contributed by atoms with E-state index in [9.17, 15) is 14.4 Å². The van der Waals surface area contributed by atoms with Crippen molar-refractivity contribution in [2.45, 2.75) is 0 Å². The molecule has 0 saturated carbocycles. The summed E-state index contributed by atoms with van der Waals surface area (Å²) < 4.78 is 10.2. The van der Waals surface area contributed by atoms with Gasteiger partial charge in [-0.3, -0.25) is 19.3 Å². The van der Waals surface area contributed by atoms with Crippen LogP contribution in [0.25, 0.3) is 6.08 Å². The number of nitrogens with zero attached hydrogens (tertiary/aromatic N) is 1. The molecule has 1 aliphatic heterocycles. The molecule has 0 atom stereocenters. The Kier molecular flexibility index (Phi) is 6.92. The van der Waals surface area contributed by atoms with E-state index in [1.807, 2.05) is 30.3 Å². The van der Waals surface area contributed by atoms with Crippen LogP contribution in [0.5, 0.6) is 11.5 Å². The van der Waals surface area contributed by atoms with E-state index < -0.39 is 17.1 Å². The van der Waals surface area contributed by atoms with Crippen molar-refractivity contribution >= 4 is 40.6 Å². The predicted octanol–water partition coefficient (Wildman–Crippen LogP) is 3.94. The quantitative estimate of drug-likeness (QED) is 0.678. The first-order valence-electron chi connectivity index (χ1n) is 9.00. The van der Waals surface area contributed by atoms with Gasteiger partial charge in [-0.2, -0.15) is 0 Å². The van der Waals surface area contributed by atoms with E-state index in [-0.39, 0.29) is 11.4 Å². The fraction of sp³-hybridized carbons (Fsp3) is 0.136. The molecular weight excluding hydrogens is 404 g/mol. The number of carbonyl (C=O) groups is 3. The number of allylic oxidation sites excluding steroid dienone is 2. The van der Waals surface area contributed by atoms with Crippen LogP contribution < -0.4 is 14.8 Å². The van der Waals surface area contributed by atoms with Crippen LogP contribution in [-0.4, -0.2) is 42.7 Å². The van der Waals surface area contributed by atoms with Gasteiger partial charge in [0.25, 0.3) is 11.1 Å². The second-order valence-corrected chi connectivity index (χ2v) is 7.19. The number of thioether (sulfide) groups is 1. The number of ether oxygens (including phenoxy) is 2. The van der Waals surface area contributed by atoms with Gasteiger partial charge >= 0.3 is 0 Å². The van der Waals surface area contributed by atoms with Gasteiger partial charge in [0.2, 0.25) is 5.91 Å². The summed E-state index contributed by atoms with van der Waals surface area (Å²) in [6, 6.07) is 14.2. The number of nitrogens with one attached hydrogen (secondary N) is 1. The van der Waals surface area contributed by atoms with Crippen molar-refractivity contribution in [2.24, 2.45) is 0 Å². The minimum absolute atomic E-state index is 0.266. The van der Waals surface area contributed by atoms with E-state index in [0.29, 0.717) is 11.4 Å². The normalized spacial score (nSPS) is 15.1. The summed E-state index contributed by atoms with van der Waals surface area (Å²) in [7, 11) is 3.14. The number of methoxy groups -OCH3 is 2. The van der Waals surface area contributed by atoms with Crippen molar-refractivity contribution in [1.29, 1.82) is 0 Å². The van der Waals surface area contributed by atoms with Gasteiger partial charge in [0.05, 0.1) is 19.1 Å². The maximum absolute atomic E-state index is 12.5. The SMILES string of the molecule is COc1ccc(/C=C/C=C2/SC(=O)N(CC(=O)Nc3ccc(OC)cc3)C2=O)cc1. The van der Waals surface area contributed by atoms with Crippen molar-refractivity contribution < 1.29 is 23.9 Å². The molecule has 30 heavy (non-hydrogen) atoms. The van der Waals surface area contributed by atoms with Gasteiger partial charge in [-0.1, -0.05) is 24.3 Å². The summed E-state index contributed by atoms with van der Waals surface area (Å²) in [5.74, 6) is 0.458. The van der Waals surface area contributed by atoms with Crippen molar-refractivity contribution in [1.82, 2.24) is 4.90 Å². The molecule has 0 spiro atoms. The highest BCUT2D eigenvalue weighted by molar-refractivity contribution is 8.18. The number of rotatable bonds is 7. The smallest absolute Gasteiger partial charge is 0.294 e. The molecule has 2 aromatic carbocycles. The Morgan fingerprint density at radius 2 is 1.60 bits per heavy atom. The Morgan fingerprint density at radius 1 is 1.00 bits per heavy atom. The summed E-state index contributed by atoms with van der Waals surface area (Å²) in [6.07, 6.45) is 5.07. The average Bonchev–Trinajstić information content (AvgIpc) is 3.02. The van der Waals surface area contributed by atoms with E-state index in [4.69, 9.17) is 9.47 Å². The molecule has 1 N–H and O–H groups in total. The van der Waals surface area contributed by atoms with Crippen molar-refractivity contribution in [2.75, 3.05) is 26.1 Å². The van der Waals surface area contributed by atoms with Crippen LogP contribution in [0.3, 0.4) is 0 Å². The number of imide groups is 1. The first-order chi connectivity index (χ1) is 14.5. The third-order valence-electron chi connectivity index (χ3n) is 4.20. The van der Waals surface area contributed by atoms with Gasteiger partial charge in [-0.15, -0.1) is 0 Å². The van der Waals surface area contributed by atoms with Gasteiger partial charge in [0, 0.05) is 5.69 Å². The zero-order valence-electron chi connectivity index (χ0n) is 16.5. The molecule has 3 amide bonds. The topological polar surface area (TPSA) is 84.9 Å². The molecule has 2 aromatic rings. The molecule has 0 aromatic heterocycles. The third kappa shape index (κ3) is 5.30. The van der Waals surface area contributed by atoms with E-state index in [2.05, 4.69) is 5.32 Å². The highest BCUT2D eigenvalue weighted by Gasteiger charge is 2.35. The maximum atomic E-state index is 12.5. The Hall–Kier alpha value is -3.52. The second kappa shape index (κ2) is 9.80. The molecule has 154 valence electrons. The lowest BCUT2D eigenvalue weighted by molar-refractivity contribution is -0.127. The number of benzene rings is 2. The lowest BCUT2D eigenvalue weighted by Crippen LogP contribution is -2.36. The average molecular weight is 424 g/mol. The summed E-state index contributed by atoms with van der Waals surface area (Å²) >= 11 is 0.807. The zero-order chi connectivity index (χ0) is 21.5. The highest BCUT2D eigenvalue weighted by Crippen LogP contribution is 2.30. The molecule has 7 nitrogen and oxygen atoms in total. The molecule has 0 radical (unpaired) electrons. The third-order valence-corrected chi connectivity index (χ3v) is 5.13. The predicted molar refractivity (Wildman–Crippen MR) is 116 cm³/mol. The largest absolute Gasteiger partial charge is 0.497 e. The zero-order valence-corrected chi connectivity index (χ0v) is 17.3. The molecule has 1 fully saturated rings. The molecule has 8 heteroatoms. The van der Waals surface area contributed by atoms with Crippen LogP contribution in [0.15, 0.2) is 65.6 Å². The Morgan fingerprint density at radius 3 is 2.20 bits per heavy atom. The summed E-state index contributed by atoms with van der Waals surface area (Å²) in [6.45, 7) is -0.351. The Balaban J connectivity index is 1.59. The number of hydrogen-bond donors (Lipinski definition) is 1. The maximum Gasteiger partial charge on any atom is 0.294 e. The number of anilines is 1. The van der Waals surface area contributed by atoms with Crippen LogP contribution >= 0.6 is 11.8 Å². The first kappa shape index (κ1) is 21.2. The molecule has 0 aliphatic carbocycles. The summed E-state index contributed by atoms with van der Waals surface area (Å²) in [5, 5.41) is 2.18. The molecule has 0 bridgehead atoms. The minimum atomic E-state index is -0.491. The fourth-order valence-electron chi connectivity index (χ4n) is 2.63. The highest BCUT2D eigenvalue weighted by atomic mass is 32.2. The lowest BCUT2D eigenvalue weighted by Gasteiger charge is -2.12. The Labute approximate surface area is 178 Å². The number of hydrogen-bond acceptors (Lipinski definition) is 6. The number of amides is 3. The van der Waals surface area contributed by atoms with Gasteiger partial charge in [0.15, 0.2) is 0 Å². The van der Waals surface area contributed by atoms with Crippen LogP contribution in [0.1, 0.15) is 5.56 Å². The van der Waals surface area contributed by atoms with Crippen molar-refractivity contribution in [3.8, 4) is 11.5 Å².